The molecule has 11 nitrogen and oxygen atoms in total. The molecule has 1 aromatic heterocycles. The maximum atomic E-state index is 14.0. The van der Waals surface area contributed by atoms with Crippen molar-refractivity contribution in [1.29, 1.82) is 0 Å². The van der Waals surface area contributed by atoms with Gasteiger partial charge in [-0.15, -0.1) is 0 Å². The van der Waals surface area contributed by atoms with Crippen LogP contribution in [0.25, 0.3) is 0 Å². The van der Waals surface area contributed by atoms with E-state index in [1.807, 2.05) is 47.4 Å². The second-order valence-electron chi connectivity index (χ2n) is 10.9. The fourth-order valence-electron chi connectivity index (χ4n) is 6.14. The molecular formula is C32H39N5O6. The Balaban J connectivity index is 1.47. The Bertz CT molecular complexity index is 1420. The number of aryl methyl sites for hydroxylation is 1. The number of benzene rings is 2. The average molecular weight is 590 g/mol. The molecule has 3 N–H and O–H groups in total. The zero-order valence-electron chi connectivity index (χ0n) is 24.6. The summed E-state index contributed by atoms with van der Waals surface area (Å²) >= 11 is 0. The second kappa shape index (κ2) is 13.8. The SMILES string of the molecule is CCCCN(C(=O)CN1C[C@H](c2cc(OC)c3c(c2)OCO3)[C@@H](C(=O)O)[C@@H]1CCc1ccncn1)c1cccc(CN)c1. The normalized spacial score (nSPS) is 19.4. The third kappa shape index (κ3) is 6.73. The van der Waals surface area contributed by atoms with Gasteiger partial charge in [0.15, 0.2) is 11.5 Å². The first-order valence-corrected chi connectivity index (χ1v) is 14.7. The Morgan fingerprint density at radius 1 is 1.21 bits per heavy atom. The van der Waals surface area contributed by atoms with Gasteiger partial charge in [-0.05, 0) is 60.7 Å². The summed E-state index contributed by atoms with van der Waals surface area (Å²) in [6.07, 6.45) is 6.00. The third-order valence-corrected chi connectivity index (χ3v) is 8.31. The van der Waals surface area contributed by atoms with Crippen molar-refractivity contribution < 1.29 is 28.9 Å². The van der Waals surface area contributed by atoms with Gasteiger partial charge >= 0.3 is 5.97 Å². The summed E-state index contributed by atoms with van der Waals surface area (Å²) in [6.45, 7) is 3.56. The Morgan fingerprint density at radius 2 is 2.07 bits per heavy atom. The first-order chi connectivity index (χ1) is 20.9. The first-order valence-electron chi connectivity index (χ1n) is 14.7. The lowest BCUT2D eigenvalue weighted by Crippen LogP contribution is -2.44. The molecule has 0 spiro atoms. The van der Waals surface area contributed by atoms with Gasteiger partial charge in [0.2, 0.25) is 18.4 Å². The molecule has 0 bridgehead atoms. The average Bonchev–Trinajstić information content (AvgIpc) is 3.65. The van der Waals surface area contributed by atoms with Gasteiger partial charge in [-0.3, -0.25) is 14.5 Å². The van der Waals surface area contributed by atoms with Gasteiger partial charge in [-0.1, -0.05) is 25.5 Å². The number of ether oxygens (including phenoxy) is 3. The number of unbranched alkanes of at least 4 members (excludes halogenated alkanes) is 1. The molecule has 2 aromatic carbocycles. The van der Waals surface area contributed by atoms with Gasteiger partial charge in [-0.2, -0.15) is 0 Å². The van der Waals surface area contributed by atoms with E-state index in [1.165, 1.54) is 6.33 Å². The molecule has 0 radical (unpaired) electrons. The highest BCUT2D eigenvalue weighted by Gasteiger charge is 2.47. The zero-order valence-corrected chi connectivity index (χ0v) is 24.6. The number of carboxylic acid groups (broad SMARTS) is 1. The number of likely N-dealkylation sites (tertiary alicyclic amines) is 1. The number of aromatic nitrogens is 2. The van der Waals surface area contributed by atoms with Crippen molar-refractivity contribution in [3.63, 3.8) is 0 Å². The van der Waals surface area contributed by atoms with Crippen molar-refractivity contribution in [2.45, 2.75) is 51.1 Å². The van der Waals surface area contributed by atoms with E-state index in [4.69, 9.17) is 19.9 Å². The number of hydrogen-bond donors (Lipinski definition) is 2. The number of rotatable bonds is 13. The molecule has 2 aliphatic heterocycles. The number of nitrogens with zero attached hydrogens (tertiary/aromatic N) is 4. The van der Waals surface area contributed by atoms with Crippen LogP contribution in [0.4, 0.5) is 5.69 Å². The number of aliphatic carboxylic acids is 1. The molecule has 11 heteroatoms. The Labute approximate surface area is 251 Å². The maximum Gasteiger partial charge on any atom is 0.308 e. The Hall–Kier alpha value is -4.22. The minimum atomic E-state index is -0.914. The van der Waals surface area contributed by atoms with Crippen molar-refractivity contribution in [3.05, 3.63) is 71.8 Å². The fraction of sp³-hybridized carbons (Fsp3) is 0.438. The molecule has 5 rings (SSSR count). The summed E-state index contributed by atoms with van der Waals surface area (Å²) in [6, 6.07) is 12.8. The summed E-state index contributed by atoms with van der Waals surface area (Å²) in [5.41, 5.74) is 9.23. The summed E-state index contributed by atoms with van der Waals surface area (Å²) in [5.74, 6) is -0.652. The smallest absolute Gasteiger partial charge is 0.308 e. The minimum Gasteiger partial charge on any atom is -0.493 e. The molecule has 0 aliphatic carbocycles. The summed E-state index contributed by atoms with van der Waals surface area (Å²) < 4.78 is 16.8. The van der Waals surface area contributed by atoms with Crippen LogP contribution < -0.4 is 24.8 Å². The minimum absolute atomic E-state index is 0.0727. The molecular weight excluding hydrogens is 550 g/mol. The van der Waals surface area contributed by atoms with Crippen LogP contribution in [0.1, 0.15) is 48.9 Å². The molecule has 228 valence electrons. The van der Waals surface area contributed by atoms with E-state index in [1.54, 1.807) is 18.2 Å². The number of anilines is 1. The van der Waals surface area contributed by atoms with Crippen LogP contribution in [0.3, 0.4) is 0 Å². The predicted molar refractivity (Wildman–Crippen MR) is 160 cm³/mol. The molecule has 1 amide bonds. The predicted octanol–water partition coefficient (Wildman–Crippen LogP) is 3.61. The molecule has 2 aliphatic rings. The van der Waals surface area contributed by atoms with Crippen LogP contribution in [-0.4, -0.2) is 71.4 Å². The van der Waals surface area contributed by atoms with Crippen LogP contribution in [0.2, 0.25) is 0 Å². The highest BCUT2D eigenvalue weighted by Crippen LogP contribution is 2.47. The van der Waals surface area contributed by atoms with Gasteiger partial charge in [-0.25, -0.2) is 9.97 Å². The number of methoxy groups -OCH3 is 1. The number of carbonyl (C=O) groups is 2. The summed E-state index contributed by atoms with van der Waals surface area (Å²) in [7, 11) is 1.55. The number of hydrogen-bond acceptors (Lipinski definition) is 9. The van der Waals surface area contributed by atoms with Gasteiger partial charge in [0.25, 0.3) is 0 Å². The van der Waals surface area contributed by atoms with E-state index in [9.17, 15) is 14.7 Å². The molecule has 43 heavy (non-hydrogen) atoms. The number of carbonyl (C=O) groups excluding carboxylic acids is 1. The van der Waals surface area contributed by atoms with Crippen molar-refractivity contribution in [3.8, 4) is 17.2 Å². The summed E-state index contributed by atoms with van der Waals surface area (Å²) in [4.78, 5) is 39.1. The van der Waals surface area contributed by atoms with Gasteiger partial charge in [0.1, 0.15) is 6.33 Å². The first kappa shape index (κ1) is 30.2. The van der Waals surface area contributed by atoms with Gasteiger partial charge in [0.05, 0.1) is 19.6 Å². The van der Waals surface area contributed by atoms with E-state index in [0.29, 0.717) is 49.7 Å². The lowest BCUT2D eigenvalue weighted by Gasteiger charge is -2.30. The molecule has 0 saturated carbocycles. The Kier molecular flexibility index (Phi) is 9.73. The topological polar surface area (TPSA) is 140 Å². The van der Waals surface area contributed by atoms with Crippen LogP contribution in [0.5, 0.6) is 17.2 Å². The van der Waals surface area contributed by atoms with E-state index in [-0.39, 0.29) is 19.2 Å². The molecule has 0 unspecified atom stereocenters. The van der Waals surface area contributed by atoms with Crippen LogP contribution in [0.15, 0.2) is 55.0 Å². The number of amides is 1. The molecule has 3 aromatic rings. The van der Waals surface area contributed by atoms with Gasteiger partial charge in [0, 0.05) is 49.2 Å². The highest BCUT2D eigenvalue weighted by atomic mass is 16.7. The highest BCUT2D eigenvalue weighted by molar-refractivity contribution is 5.95. The van der Waals surface area contributed by atoms with E-state index >= 15 is 0 Å². The van der Waals surface area contributed by atoms with Crippen molar-refractivity contribution in [2.24, 2.45) is 11.7 Å². The summed E-state index contributed by atoms with van der Waals surface area (Å²) in [5, 5.41) is 10.6. The molecule has 1 fully saturated rings. The maximum absolute atomic E-state index is 14.0. The molecule has 3 atom stereocenters. The standard InChI is InChI=1S/C32H39N5O6/c1-3-4-12-37(24-7-5-6-21(13-24)16-33)29(38)18-36-17-25(22-14-27(41-2)31-28(15-22)42-20-43-31)30(32(39)40)26(36)9-8-23-10-11-34-19-35-23/h5-7,10-11,13-15,19,25-26,30H,3-4,8-9,12,16-18,20,33H2,1-2H3,(H,39,40)/t25-,26+,30-/m1/s1. The van der Waals surface area contributed by atoms with Gasteiger partial charge < -0.3 is 30.0 Å². The van der Waals surface area contributed by atoms with Crippen LogP contribution in [-0.2, 0) is 22.6 Å². The number of carboxylic acids is 1. The Morgan fingerprint density at radius 3 is 2.79 bits per heavy atom. The van der Waals surface area contributed by atoms with E-state index in [2.05, 4.69) is 16.9 Å². The number of fused-ring (bicyclic) bond motifs is 1. The van der Waals surface area contributed by atoms with Crippen molar-refractivity contribution in [1.82, 2.24) is 14.9 Å². The fourth-order valence-corrected chi connectivity index (χ4v) is 6.14. The monoisotopic (exact) mass is 589 g/mol. The quantitative estimate of drug-likeness (QED) is 0.304. The van der Waals surface area contributed by atoms with E-state index in [0.717, 1.165) is 35.3 Å². The molecule has 3 heterocycles. The zero-order chi connectivity index (χ0) is 30.3. The lowest BCUT2D eigenvalue weighted by atomic mass is 9.83. The second-order valence-corrected chi connectivity index (χ2v) is 10.9. The lowest BCUT2D eigenvalue weighted by molar-refractivity contribution is -0.143. The largest absolute Gasteiger partial charge is 0.493 e. The van der Waals surface area contributed by atoms with E-state index < -0.39 is 23.8 Å². The number of nitrogens with two attached hydrogens (primary N) is 1. The van der Waals surface area contributed by atoms with Crippen molar-refractivity contribution >= 4 is 17.6 Å². The third-order valence-electron chi connectivity index (χ3n) is 8.31. The van der Waals surface area contributed by atoms with Crippen molar-refractivity contribution in [2.75, 3.05) is 38.4 Å². The van der Waals surface area contributed by atoms with Crippen LogP contribution >= 0.6 is 0 Å². The molecule has 1 saturated heterocycles. The van der Waals surface area contributed by atoms with Crippen LogP contribution in [0, 0.1) is 5.92 Å².